The van der Waals surface area contributed by atoms with Crippen molar-refractivity contribution < 1.29 is 0 Å². The molecule has 1 atom stereocenters. The first-order valence-electron chi connectivity index (χ1n) is 6.58. The molecule has 0 aliphatic heterocycles. The lowest BCUT2D eigenvalue weighted by Gasteiger charge is -2.12. The monoisotopic (exact) mass is 267 g/mol. The van der Waals surface area contributed by atoms with Gasteiger partial charge >= 0.3 is 0 Å². The Balaban J connectivity index is 2.13. The van der Waals surface area contributed by atoms with E-state index in [4.69, 9.17) is 5.26 Å². The maximum Gasteiger partial charge on any atom is 0.229 e. The summed E-state index contributed by atoms with van der Waals surface area (Å²) >= 11 is 0. The van der Waals surface area contributed by atoms with Crippen LogP contribution in [-0.4, -0.2) is 16.0 Å². The quantitative estimate of drug-likeness (QED) is 0.869. The van der Waals surface area contributed by atoms with Gasteiger partial charge in [-0.05, 0) is 37.6 Å². The normalized spacial score (nSPS) is 11.4. The number of nitriles is 1. The number of hydrogen-bond acceptors (Lipinski definition) is 5. The highest BCUT2D eigenvalue weighted by atomic mass is 15.1. The first kappa shape index (κ1) is 13.8. The van der Waals surface area contributed by atoms with Gasteiger partial charge in [0.25, 0.3) is 0 Å². The molecule has 1 aromatic carbocycles. The average Bonchev–Trinajstić information content (AvgIpc) is 2.47. The molecule has 0 aliphatic rings. The third-order valence-corrected chi connectivity index (χ3v) is 2.91. The number of nitrogens with zero attached hydrogens (tertiary/aromatic N) is 3. The van der Waals surface area contributed by atoms with Crippen LogP contribution in [0, 0.1) is 11.3 Å². The minimum absolute atomic E-state index is 0.361. The van der Waals surface area contributed by atoms with Crippen molar-refractivity contribution in [3.8, 4) is 6.07 Å². The summed E-state index contributed by atoms with van der Waals surface area (Å²) in [6, 6.07) is 11.5. The van der Waals surface area contributed by atoms with Crippen LogP contribution in [0.2, 0.25) is 0 Å². The van der Waals surface area contributed by atoms with Crippen molar-refractivity contribution >= 4 is 17.5 Å². The molecule has 0 saturated heterocycles. The molecule has 0 radical (unpaired) electrons. The summed E-state index contributed by atoms with van der Waals surface area (Å²) in [6.07, 6.45) is 2.73. The van der Waals surface area contributed by atoms with Gasteiger partial charge in [-0.25, -0.2) is 4.98 Å². The summed E-state index contributed by atoms with van der Waals surface area (Å²) in [5.41, 5.74) is 1.40. The molecule has 0 bridgehead atoms. The third kappa shape index (κ3) is 3.69. The van der Waals surface area contributed by atoms with Crippen molar-refractivity contribution in [2.75, 3.05) is 10.6 Å². The van der Waals surface area contributed by atoms with Crippen molar-refractivity contribution in [2.45, 2.75) is 26.3 Å². The van der Waals surface area contributed by atoms with E-state index in [2.05, 4.69) is 40.5 Å². The Bertz CT molecular complexity index is 618. The van der Waals surface area contributed by atoms with Gasteiger partial charge in [0.15, 0.2) is 0 Å². The summed E-state index contributed by atoms with van der Waals surface area (Å²) < 4.78 is 0. The highest BCUT2D eigenvalue weighted by Crippen LogP contribution is 2.16. The largest absolute Gasteiger partial charge is 0.367 e. The average molecular weight is 267 g/mol. The van der Waals surface area contributed by atoms with E-state index in [-0.39, 0.29) is 0 Å². The molecule has 1 unspecified atom stereocenters. The van der Waals surface area contributed by atoms with Gasteiger partial charge in [-0.2, -0.15) is 10.2 Å². The van der Waals surface area contributed by atoms with Crippen LogP contribution in [-0.2, 0) is 0 Å². The predicted molar refractivity (Wildman–Crippen MR) is 79.8 cm³/mol. The Morgan fingerprint density at radius 3 is 2.95 bits per heavy atom. The molecule has 0 fully saturated rings. The fourth-order valence-electron chi connectivity index (χ4n) is 1.65. The van der Waals surface area contributed by atoms with Crippen molar-refractivity contribution in [1.29, 1.82) is 5.26 Å². The zero-order chi connectivity index (χ0) is 14.4. The molecule has 0 amide bonds. The van der Waals surface area contributed by atoms with Crippen LogP contribution in [0.25, 0.3) is 0 Å². The number of anilines is 3. The summed E-state index contributed by atoms with van der Waals surface area (Å²) in [6.45, 7) is 4.22. The minimum atomic E-state index is 0.361. The molecule has 2 aromatic rings. The van der Waals surface area contributed by atoms with Gasteiger partial charge in [0, 0.05) is 17.9 Å². The maximum absolute atomic E-state index is 8.88. The van der Waals surface area contributed by atoms with Crippen molar-refractivity contribution in [1.82, 2.24) is 9.97 Å². The Hall–Kier alpha value is -2.61. The fraction of sp³-hybridized carbons (Fsp3) is 0.267. The molecule has 5 nitrogen and oxygen atoms in total. The Morgan fingerprint density at radius 1 is 1.35 bits per heavy atom. The molecule has 1 heterocycles. The molecule has 0 saturated carbocycles. The SMILES string of the molecule is CCC(C)Nc1ccnc(Nc2cccc(C#N)c2)n1. The summed E-state index contributed by atoms with van der Waals surface area (Å²) in [5.74, 6) is 1.29. The number of hydrogen-bond donors (Lipinski definition) is 2. The van der Waals surface area contributed by atoms with Gasteiger partial charge in [0.2, 0.25) is 5.95 Å². The zero-order valence-corrected chi connectivity index (χ0v) is 11.6. The van der Waals surface area contributed by atoms with E-state index in [0.717, 1.165) is 17.9 Å². The van der Waals surface area contributed by atoms with Crippen molar-refractivity contribution in [3.63, 3.8) is 0 Å². The van der Waals surface area contributed by atoms with Gasteiger partial charge < -0.3 is 10.6 Å². The molecular formula is C15H17N5. The molecule has 0 spiro atoms. The first-order chi connectivity index (χ1) is 9.71. The highest BCUT2D eigenvalue weighted by Gasteiger charge is 2.03. The van der Waals surface area contributed by atoms with Gasteiger partial charge in [-0.3, -0.25) is 0 Å². The van der Waals surface area contributed by atoms with Crippen LogP contribution in [0.3, 0.4) is 0 Å². The van der Waals surface area contributed by atoms with Crippen molar-refractivity contribution in [2.24, 2.45) is 0 Å². The van der Waals surface area contributed by atoms with Crippen LogP contribution >= 0.6 is 0 Å². The minimum Gasteiger partial charge on any atom is -0.367 e. The zero-order valence-electron chi connectivity index (χ0n) is 11.6. The van der Waals surface area contributed by atoms with E-state index in [1.165, 1.54) is 0 Å². The Kier molecular flexibility index (Phi) is 4.51. The second-order valence-electron chi connectivity index (χ2n) is 4.54. The fourth-order valence-corrected chi connectivity index (χ4v) is 1.65. The molecule has 5 heteroatoms. The number of benzene rings is 1. The summed E-state index contributed by atoms with van der Waals surface area (Å²) in [4.78, 5) is 8.57. The Morgan fingerprint density at radius 2 is 2.20 bits per heavy atom. The lowest BCUT2D eigenvalue weighted by atomic mass is 10.2. The van der Waals surface area contributed by atoms with Gasteiger partial charge in [0.1, 0.15) is 5.82 Å². The summed E-state index contributed by atoms with van der Waals surface area (Å²) in [5, 5.41) is 15.3. The molecule has 1 aromatic heterocycles. The topological polar surface area (TPSA) is 73.6 Å². The maximum atomic E-state index is 8.88. The van der Waals surface area contributed by atoms with Crippen LogP contribution < -0.4 is 10.6 Å². The summed E-state index contributed by atoms with van der Waals surface area (Å²) in [7, 11) is 0. The van der Waals surface area contributed by atoms with E-state index in [0.29, 0.717) is 17.6 Å². The smallest absolute Gasteiger partial charge is 0.229 e. The standard InChI is InChI=1S/C15H17N5/c1-3-11(2)18-14-7-8-17-15(20-14)19-13-6-4-5-12(9-13)10-16/h4-9,11H,3H2,1-2H3,(H2,17,18,19,20). The lowest BCUT2D eigenvalue weighted by Crippen LogP contribution is -2.14. The molecule has 2 rings (SSSR count). The van der Waals surface area contributed by atoms with Crippen molar-refractivity contribution in [3.05, 3.63) is 42.1 Å². The second-order valence-corrected chi connectivity index (χ2v) is 4.54. The van der Waals surface area contributed by atoms with Gasteiger partial charge in [0.05, 0.1) is 11.6 Å². The number of aromatic nitrogens is 2. The van der Waals surface area contributed by atoms with E-state index < -0.39 is 0 Å². The molecule has 20 heavy (non-hydrogen) atoms. The second kappa shape index (κ2) is 6.53. The molecular weight excluding hydrogens is 250 g/mol. The van der Waals surface area contributed by atoms with E-state index in [1.807, 2.05) is 18.2 Å². The van der Waals surface area contributed by atoms with Crippen LogP contribution in [0.5, 0.6) is 0 Å². The first-order valence-corrected chi connectivity index (χ1v) is 6.58. The Labute approximate surface area is 118 Å². The molecule has 102 valence electrons. The molecule has 0 aliphatic carbocycles. The molecule has 2 N–H and O–H groups in total. The number of rotatable bonds is 5. The lowest BCUT2D eigenvalue weighted by molar-refractivity contribution is 0.758. The van der Waals surface area contributed by atoms with Crippen LogP contribution in [0.15, 0.2) is 36.5 Å². The predicted octanol–water partition coefficient (Wildman–Crippen LogP) is 3.30. The third-order valence-electron chi connectivity index (χ3n) is 2.91. The van der Waals surface area contributed by atoms with E-state index in [9.17, 15) is 0 Å². The van der Waals surface area contributed by atoms with E-state index >= 15 is 0 Å². The van der Waals surface area contributed by atoms with E-state index in [1.54, 1.807) is 18.3 Å². The van der Waals surface area contributed by atoms with Gasteiger partial charge in [-0.15, -0.1) is 0 Å². The number of nitrogens with one attached hydrogen (secondary N) is 2. The van der Waals surface area contributed by atoms with Crippen LogP contribution in [0.4, 0.5) is 17.5 Å². The van der Waals surface area contributed by atoms with Gasteiger partial charge in [-0.1, -0.05) is 13.0 Å². The highest BCUT2D eigenvalue weighted by molar-refractivity contribution is 5.57. The van der Waals surface area contributed by atoms with Crippen LogP contribution in [0.1, 0.15) is 25.8 Å².